The quantitative estimate of drug-likeness (QED) is 0.647. The molecule has 7 heteroatoms. The number of hydrogen-bond donors (Lipinski definition) is 2. The fraction of sp³-hybridized carbons (Fsp3) is 0.526. The highest BCUT2D eigenvalue weighted by atomic mass is 16.5. The van der Waals surface area contributed by atoms with Gasteiger partial charge in [0.25, 0.3) is 0 Å². The van der Waals surface area contributed by atoms with Crippen molar-refractivity contribution in [2.75, 3.05) is 13.7 Å². The summed E-state index contributed by atoms with van der Waals surface area (Å²) < 4.78 is 5.13. The third-order valence-electron chi connectivity index (χ3n) is 4.71. The van der Waals surface area contributed by atoms with Gasteiger partial charge < -0.3 is 19.8 Å². The van der Waals surface area contributed by atoms with Crippen LogP contribution < -0.4 is 0 Å². The van der Waals surface area contributed by atoms with Crippen LogP contribution in [0.3, 0.4) is 0 Å². The average molecular weight is 363 g/mol. The number of carbonyl (C=O) groups is 3. The number of carboxylic acid groups (broad SMARTS) is 2. The van der Waals surface area contributed by atoms with E-state index >= 15 is 0 Å². The average Bonchev–Trinajstić information content (AvgIpc) is 2.56. The number of β-lactam (4-membered cyclic amide) rings is 1. The van der Waals surface area contributed by atoms with Crippen molar-refractivity contribution >= 4 is 17.8 Å². The van der Waals surface area contributed by atoms with Crippen molar-refractivity contribution in [3.63, 3.8) is 0 Å². The van der Waals surface area contributed by atoms with Gasteiger partial charge in [-0.2, -0.15) is 0 Å². The zero-order valence-electron chi connectivity index (χ0n) is 15.2. The van der Waals surface area contributed by atoms with Crippen LogP contribution in [-0.4, -0.2) is 58.8 Å². The molecule has 0 bridgehead atoms. The molecule has 1 aliphatic heterocycles. The topological polar surface area (TPSA) is 104 Å². The van der Waals surface area contributed by atoms with Gasteiger partial charge in [0.05, 0.1) is 12.5 Å². The summed E-state index contributed by atoms with van der Waals surface area (Å²) in [7, 11) is 1.55. The number of carbonyl (C=O) groups excluding carboxylic acids is 1. The Hall–Kier alpha value is -2.41. The standard InChI is InChI=1S/C19H25NO6/c1-19(2,11-26-3)10-13-15(18(24)25)20(16(13)21)14(17(22)23)9-12-7-5-4-6-8-12/h4-8,13-15H,9-11H2,1-3H3,(H,22,23)(H,24,25)/t13-,14?,15-/m1/s1. The predicted octanol–water partition coefficient (Wildman–Crippen LogP) is 1.66. The number of benzene rings is 1. The molecular formula is C19H25NO6. The number of amides is 1. The lowest BCUT2D eigenvalue weighted by molar-refractivity contribution is -0.181. The van der Waals surface area contributed by atoms with Crippen LogP contribution in [-0.2, 0) is 25.5 Å². The molecular weight excluding hydrogens is 338 g/mol. The van der Waals surface area contributed by atoms with E-state index in [1.807, 2.05) is 19.9 Å². The molecule has 0 saturated carbocycles. The molecule has 1 aliphatic rings. The second-order valence-corrected chi connectivity index (χ2v) is 7.48. The summed E-state index contributed by atoms with van der Waals surface area (Å²) in [6.45, 7) is 4.17. The number of rotatable bonds is 9. The number of methoxy groups -OCH3 is 1. The summed E-state index contributed by atoms with van der Waals surface area (Å²) >= 11 is 0. The van der Waals surface area contributed by atoms with E-state index in [9.17, 15) is 24.6 Å². The smallest absolute Gasteiger partial charge is 0.327 e. The Morgan fingerprint density at radius 1 is 1.23 bits per heavy atom. The van der Waals surface area contributed by atoms with Crippen molar-refractivity contribution in [2.45, 2.75) is 38.8 Å². The molecule has 0 radical (unpaired) electrons. The molecule has 2 rings (SSSR count). The van der Waals surface area contributed by atoms with Crippen LogP contribution in [0.4, 0.5) is 0 Å². The molecule has 2 N–H and O–H groups in total. The molecule has 1 unspecified atom stereocenters. The van der Waals surface area contributed by atoms with Gasteiger partial charge >= 0.3 is 11.9 Å². The summed E-state index contributed by atoms with van der Waals surface area (Å²) in [6, 6.07) is 6.54. The largest absolute Gasteiger partial charge is 0.480 e. The Bertz CT molecular complexity index is 672. The predicted molar refractivity (Wildman–Crippen MR) is 93.6 cm³/mol. The van der Waals surface area contributed by atoms with Crippen LogP contribution in [0, 0.1) is 11.3 Å². The summed E-state index contributed by atoms with van der Waals surface area (Å²) in [5.74, 6) is -3.55. The number of nitrogens with zero attached hydrogens (tertiary/aromatic N) is 1. The highest BCUT2D eigenvalue weighted by Crippen LogP contribution is 2.39. The first-order valence-electron chi connectivity index (χ1n) is 8.48. The van der Waals surface area contributed by atoms with Gasteiger partial charge in [-0.25, -0.2) is 9.59 Å². The molecule has 0 aromatic heterocycles. The van der Waals surface area contributed by atoms with Gasteiger partial charge in [0.2, 0.25) is 5.91 Å². The molecule has 3 atom stereocenters. The fourth-order valence-corrected chi connectivity index (χ4v) is 3.60. The lowest BCUT2D eigenvalue weighted by Gasteiger charge is -2.49. The van der Waals surface area contributed by atoms with E-state index in [4.69, 9.17) is 4.74 Å². The van der Waals surface area contributed by atoms with Crippen molar-refractivity contribution < 1.29 is 29.3 Å². The summed E-state index contributed by atoms with van der Waals surface area (Å²) in [6.07, 6.45) is 0.394. The minimum atomic E-state index is -1.21. The van der Waals surface area contributed by atoms with E-state index in [1.54, 1.807) is 31.4 Å². The Morgan fingerprint density at radius 3 is 2.35 bits per heavy atom. The monoisotopic (exact) mass is 363 g/mol. The minimum absolute atomic E-state index is 0.0693. The molecule has 1 aromatic rings. The van der Waals surface area contributed by atoms with Crippen LogP contribution in [0.25, 0.3) is 0 Å². The Morgan fingerprint density at radius 2 is 1.85 bits per heavy atom. The first-order valence-corrected chi connectivity index (χ1v) is 8.48. The molecule has 7 nitrogen and oxygen atoms in total. The number of aliphatic carboxylic acids is 2. The van der Waals surface area contributed by atoms with Gasteiger partial charge in [-0.15, -0.1) is 0 Å². The number of carboxylic acids is 2. The van der Waals surface area contributed by atoms with Crippen molar-refractivity contribution in [3.8, 4) is 0 Å². The maximum atomic E-state index is 12.7. The van der Waals surface area contributed by atoms with E-state index in [0.29, 0.717) is 13.0 Å². The minimum Gasteiger partial charge on any atom is -0.480 e. The number of hydrogen-bond acceptors (Lipinski definition) is 4. The van der Waals surface area contributed by atoms with Crippen molar-refractivity contribution in [3.05, 3.63) is 35.9 Å². The van der Waals surface area contributed by atoms with E-state index < -0.39 is 35.8 Å². The summed E-state index contributed by atoms with van der Waals surface area (Å²) in [5, 5.41) is 19.2. The van der Waals surface area contributed by atoms with Gasteiger partial charge in [-0.3, -0.25) is 4.79 Å². The Labute approximate surface area is 152 Å². The number of ether oxygens (including phenoxy) is 1. The Balaban J connectivity index is 2.22. The molecule has 26 heavy (non-hydrogen) atoms. The molecule has 142 valence electrons. The first-order chi connectivity index (χ1) is 12.2. The molecule has 1 saturated heterocycles. The second-order valence-electron chi connectivity index (χ2n) is 7.48. The third kappa shape index (κ3) is 4.22. The maximum absolute atomic E-state index is 12.7. The molecule has 0 spiro atoms. The van der Waals surface area contributed by atoms with E-state index in [1.165, 1.54) is 0 Å². The summed E-state index contributed by atoms with van der Waals surface area (Å²) in [5.41, 5.74) is 0.354. The van der Waals surface area contributed by atoms with Gasteiger partial charge in [0.1, 0.15) is 12.1 Å². The third-order valence-corrected chi connectivity index (χ3v) is 4.71. The van der Waals surface area contributed by atoms with Crippen molar-refractivity contribution in [1.82, 2.24) is 4.90 Å². The first kappa shape index (κ1) is 19.9. The van der Waals surface area contributed by atoms with Crippen molar-refractivity contribution in [1.29, 1.82) is 0 Å². The number of likely N-dealkylation sites (tertiary alicyclic amines) is 1. The zero-order valence-corrected chi connectivity index (χ0v) is 15.2. The molecule has 1 heterocycles. The summed E-state index contributed by atoms with van der Waals surface area (Å²) in [4.78, 5) is 37.2. The van der Waals surface area contributed by atoms with Crippen LogP contribution in [0.1, 0.15) is 25.8 Å². The lowest BCUT2D eigenvalue weighted by atomic mass is 9.73. The van der Waals surface area contributed by atoms with Gasteiger partial charge in [-0.1, -0.05) is 44.2 Å². The second kappa shape index (κ2) is 7.86. The fourth-order valence-electron chi connectivity index (χ4n) is 3.60. The van der Waals surface area contributed by atoms with Crippen molar-refractivity contribution in [2.24, 2.45) is 11.3 Å². The highest BCUT2D eigenvalue weighted by Gasteiger charge is 2.56. The molecule has 0 aliphatic carbocycles. The molecule has 1 aromatic carbocycles. The van der Waals surface area contributed by atoms with Gasteiger partial charge in [0.15, 0.2) is 0 Å². The molecule has 1 amide bonds. The zero-order chi connectivity index (χ0) is 19.5. The van der Waals surface area contributed by atoms with Gasteiger partial charge in [0, 0.05) is 13.5 Å². The highest BCUT2D eigenvalue weighted by molar-refractivity contribution is 5.99. The van der Waals surface area contributed by atoms with E-state index in [0.717, 1.165) is 10.5 Å². The molecule has 1 fully saturated rings. The maximum Gasteiger partial charge on any atom is 0.327 e. The van der Waals surface area contributed by atoms with Gasteiger partial charge in [-0.05, 0) is 17.4 Å². The van der Waals surface area contributed by atoms with Crippen LogP contribution in [0.5, 0.6) is 0 Å². The van der Waals surface area contributed by atoms with E-state index in [2.05, 4.69) is 0 Å². The van der Waals surface area contributed by atoms with Crippen LogP contribution in [0.15, 0.2) is 30.3 Å². The normalized spacial score (nSPS) is 21.2. The lowest BCUT2D eigenvalue weighted by Crippen LogP contribution is -2.69. The van der Waals surface area contributed by atoms with Crippen LogP contribution in [0.2, 0.25) is 0 Å². The van der Waals surface area contributed by atoms with E-state index in [-0.39, 0.29) is 11.8 Å². The Kier molecular flexibility index (Phi) is 6.02. The SMILES string of the molecule is COCC(C)(C)C[C@H]1C(=O)N(C(Cc2ccccc2)C(=O)O)[C@H]1C(=O)O. The van der Waals surface area contributed by atoms with Crippen LogP contribution >= 0.6 is 0 Å².